The van der Waals surface area contributed by atoms with E-state index in [1.807, 2.05) is 44.4 Å². The third kappa shape index (κ3) is 4.13. The minimum Gasteiger partial charge on any atom is -0.369 e. The van der Waals surface area contributed by atoms with E-state index in [0.29, 0.717) is 6.04 Å². The van der Waals surface area contributed by atoms with Crippen LogP contribution in [0, 0.1) is 0 Å². The molecule has 0 aromatic rings. The van der Waals surface area contributed by atoms with Gasteiger partial charge in [0, 0.05) is 18.8 Å². The van der Waals surface area contributed by atoms with Gasteiger partial charge in [0.1, 0.15) is 0 Å². The first-order valence-electron chi connectivity index (χ1n) is 5.01. The van der Waals surface area contributed by atoms with E-state index in [1.165, 1.54) is 0 Å². The molecule has 0 aliphatic heterocycles. The van der Waals surface area contributed by atoms with Gasteiger partial charge in [-0.3, -0.25) is 0 Å². The second-order valence-corrected chi connectivity index (χ2v) is 3.20. The van der Waals surface area contributed by atoms with Crippen LogP contribution in [0.25, 0.3) is 0 Å². The Bertz CT molecular complexity index is 236. The quantitative estimate of drug-likeness (QED) is 0.458. The molecule has 0 heterocycles. The Morgan fingerprint density at radius 2 is 2.07 bits per heavy atom. The fourth-order valence-electron chi connectivity index (χ4n) is 1.21. The van der Waals surface area contributed by atoms with E-state index in [0.717, 1.165) is 12.1 Å². The Morgan fingerprint density at radius 3 is 2.50 bits per heavy atom. The largest absolute Gasteiger partial charge is 0.369 e. The molecule has 0 fully saturated rings. The standard InChI is InChI=1S/C13H21N/c1-6-9-10-11-12(4)14(5)13(7-2)8-3/h6-7,9-11,13H,2,4,8H2,1,3,5H3/b9-6-,11-10-. The summed E-state index contributed by atoms with van der Waals surface area (Å²) < 4.78 is 0. The van der Waals surface area contributed by atoms with Crippen molar-refractivity contribution in [2.75, 3.05) is 7.05 Å². The van der Waals surface area contributed by atoms with Crippen LogP contribution in [-0.2, 0) is 0 Å². The smallest absolute Gasteiger partial charge is 0.0464 e. The number of allylic oxidation sites excluding steroid dienone is 4. The minimum atomic E-state index is 0.373. The second-order valence-electron chi connectivity index (χ2n) is 3.20. The van der Waals surface area contributed by atoms with E-state index >= 15 is 0 Å². The molecule has 1 nitrogen and oxygen atoms in total. The van der Waals surface area contributed by atoms with Crippen LogP contribution in [0.15, 0.2) is 49.2 Å². The van der Waals surface area contributed by atoms with Gasteiger partial charge in [0.05, 0.1) is 0 Å². The highest BCUT2D eigenvalue weighted by atomic mass is 15.1. The maximum absolute atomic E-state index is 4.00. The molecule has 0 aliphatic rings. The molecule has 1 atom stereocenters. The highest BCUT2D eigenvalue weighted by molar-refractivity contribution is 5.19. The van der Waals surface area contributed by atoms with Gasteiger partial charge in [0.2, 0.25) is 0 Å². The lowest BCUT2D eigenvalue weighted by Gasteiger charge is -2.26. The third-order valence-electron chi connectivity index (χ3n) is 2.23. The van der Waals surface area contributed by atoms with E-state index in [1.54, 1.807) is 0 Å². The van der Waals surface area contributed by atoms with E-state index in [4.69, 9.17) is 0 Å². The average Bonchev–Trinajstić information content (AvgIpc) is 2.19. The fraction of sp³-hybridized carbons (Fsp3) is 0.385. The summed E-state index contributed by atoms with van der Waals surface area (Å²) in [6.45, 7) is 12.0. The van der Waals surface area contributed by atoms with E-state index in [9.17, 15) is 0 Å². The lowest BCUT2D eigenvalue weighted by atomic mass is 10.2. The van der Waals surface area contributed by atoms with Crippen LogP contribution in [0.5, 0.6) is 0 Å². The Morgan fingerprint density at radius 1 is 1.43 bits per heavy atom. The van der Waals surface area contributed by atoms with Crippen LogP contribution in [0.2, 0.25) is 0 Å². The molecular weight excluding hydrogens is 170 g/mol. The van der Waals surface area contributed by atoms with Crippen LogP contribution >= 0.6 is 0 Å². The van der Waals surface area contributed by atoms with Crippen LogP contribution in [-0.4, -0.2) is 18.0 Å². The first-order valence-corrected chi connectivity index (χ1v) is 5.01. The van der Waals surface area contributed by atoms with Crippen molar-refractivity contribution in [2.45, 2.75) is 26.3 Å². The summed E-state index contributed by atoms with van der Waals surface area (Å²) in [6, 6.07) is 0.373. The van der Waals surface area contributed by atoms with E-state index in [2.05, 4.69) is 25.0 Å². The van der Waals surface area contributed by atoms with E-state index < -0.39 is 0 Å². The molecule has 1 unspecified atom stereocenters. The zero-order chi connectivity index (χ0) is 11.0. The summed E-state index contributed by atoms with van der Waals surface area (Å²) in [7, 11) is 2.04. The van der Waals surface area contributed by atoms with Crippen molar-refractivity contribution in [1.29, 1.82) is 0 Å². The summed E-state index contributed by atoms with van der Waals surface area (Å²) in [5.41, 5.74) is 1.01. The molecule has 0 aliphatic carbocycles. The molecule has 0 amide bonds. The van der Waals surface area contributed by atoms with Gasteiger partial charge in [0.25, 0.3) is 0 Å². The molecule has 1 heteroatoms. The van der Waals surface area contributed by atoms with Crippen molar-refractivity contribution >= 4 is 0 Å². The molecule has 14 heavy (non-hydrogen) atoms. The molecule has 0 aromatic heterocycles. The Kier molecular flexibility index (Phi) is 6.55. The topological polar surface area (TPSA) is 3.24 Å². The molecule has 78 valence electrons. The summed E-state index contributed by atoms with van der Waals surface area (Å²) in [6.07, 6.45) is 11.0. The maximum Gasteiger partial charge on any atom is 0.0464 e. The van der Waals surface area contributed by atoms with Crippen LogP contribution < -0.4 is 0 Å². The van der Waals surface area contributed by atoms with Gasteiger partial charge in [-0.15, -0.1) is 6.58 Å². The van der Waals surface area contributed by atoms with Crippen molar-refractivity contribution in [3.8, 4) is 0 Å². The number of nitrogens with zero attached hydrogens (tertiary/aromatic N) is 1. The number of hydrogen-bond acceptors (Lipinski definition) is 1. The van der Waals surface area contributed by atoms with Crippen molar-refractivity contribution in [2.24, 2.45) is 0 Å². The third-order valence-corrected chi connectivity index (χ3v) is 2.23. The molecule has 0 rings (SSSR count). The minimum absolute atomic E-state index is 0.373. The highest BCUT2D eigenvalue weighted by Crippen LogP contribution is 2.10. The van der Waals surface area contributed by atoms with Crippen LogP contribution in [0.1, 0.15) is 20.3 Å². The average molecular weight is 191 g/mol. The van der Waals surface area contributed by atoms with Gasteiger partial charge in [-0.2, -0.15) is 0 Å². The predicted molar refractivity (Wildman–Crippen MR) is 65.1 cm³/mol. The van der Waals surface area contributed by atoms with Crippen LogP contribution in [0.4, 0.5) is 0 Å². The van der Waals surface area contributed by atoms with E-state index in [-0.39, 0.29) is 0 Å². The molecule has 0 spiro atoms. The monoisotopic (exact) mass is 191 g/mol. The van der Waals surface area contributed by atoms with Gasteiger partial charge < -0.3 is 4.90 Å². The summed E-state index contributed by atoms with van der Waals surface area (Å²) in [4.78, 5) is 2.13. The van der Waals surface area contributed by atoms with Crippen molar-refractivity contribution in [3.05, 3.63) is 49.2 Å². The van der Waals surface area contributed by atoms with Gasteiger partial charge in [0.15, 0.2) is 0 Å². The zero-order valence-corrected chi connectivity index (χ0v) is 9.53. The Balaban J connectivity index is 4.30. The molecule has 0 radical (unpaired) electrons. The maximum atomic E-state index is 4.00. The number of rotatable bonds is 6. The first-order chi connectivity index (χ1) is 6.67. The Hall–Kier alpha value is -1.24. The van der Waals surface area contributed by atoms with Gasteiger partial charge in [-0.25, -0.2) is 0 Å². The molecule has 0 saturated carbocycles. The summed E-state index contributed by atoms with van der Waals surface area (Å²) in [5.74, 6) is 0. The van der Waals surface area contributed by atoms with Gasteiger partial charge >= 0.3 is 0 Å². The Labute approximate surface area is 88.1 Å². The molecule has 0 aromatic carbocycles. The normalized spacial score (nSPS) is 13.4. The van der Waals surface area contributed by atoms with Gasteiger partial charge in [-0.05, 0) is 19.4 Å². The SMILES string of the molecule is C=CC(CC)N(C)C(=C)/C=C\C=C/C. The lowest BCUT2D eigenvalue weighted by Crippen LogP contribution is -2.27. The molecule has 0 bridgehead atoms. The molecule has 0 saturated heterocycles. The summed E-state index contributed by atoms with van der Waals surface area (Å²) in [5, 5.41) is 0. The van der Waals surface area contributed by atoms with Gasteiger partial charge in [-0.1, -0.05) is 37.8 Å². The highest BCUT2D eigenvalue weighted by Gasteiger charge is 2.07. The van der Waals surface area contributed by atoms with Crippen LogP contribution in [0.3, 0.4) is 0 Å². The van der Waals surface area contributed by atoms with Crippen molar-refractivity contribution < 1.29 is 0 Å². The zero-order valence-electron chi connectivity index (χ0n) is 9.53. The van der Waals surface area contributed by atoms with Crippen molar-refractivity contribution in [1.82, 2.24) is 4.90 Å². The second kappa shape index (κ2) is 7.19. The summed E-state index contributed by atoms with van der Waals surface area (Å²) >= 11 is 0. The fourth-order valence-corrected chi connectivity index (χ4v) is 1.21. The molecular formula is C13H21N. The predicted octanol–water partition coefficient (Wildman–Crippen LogP) is 3.53. The number of likely N-dealkylation sites (N-methyl/N-ethyl adjacent to an activating group) is 1. The number of hydrogen-bond donors (Lipinski definition) is 0. The molecule has 0 N–H and O–H groups in total. The first kappa shape index (κ1) is 12.8. The lowest BCUT2D eigenvalue weighted by molar-refractivity contribution is 0.357. The van der Waals surface area contributed by atoms with Crippen molar-refractivity contribution in [3.63, 3.8) is 0 Å².